The molecule has 134 valence electrons. The zero-order chi connectivity index (χ0) is 15.4. The molecule has 0 bridgehead atoms. The van der Waals surface area contributed by atoms with E-state index in [4.69, 9.17) is 0 Å². The Bertz CT molecular complexity index is 1020. The molecule has 0 unspecified atom stereocenters. The third kappa shape index (κ3) is 3.98. The first kappa shape index (κ1) is 25.8. The summed E-state index contributed by atoms with van der Waals surface area (Å²) in [6.45, 7) is 6.56. The molecule has 4 aromatic rings. The normalized spacial score (nSPS) is 9.85. The van der Waals surface area contributed by atoms with Crippen LogP contribution in [-0.4, -0.2) is 4.57 Å². The molecule has 0 fully saturated rings. The van der Waals surface area contributed by atoms with Gasteiger partial charge in [0.05, 0.1) is 0 Å². The fourth-order valence-corrected chi connectivity index (χ4v) is 4.27. The Balaban J connectivity index is 0.00000156. The van der Waals surface area contributed by atoms with Crippen molar-refractivity contribution in [2.75, 3.05) is 0 Å². The van der Waals surface area contributed by atoms with Gasteiger partial charge in [0.1, 0.15) is 0 Å². The number of halogens is 4. The van der Waals surface area contributed by atoms with Gasteiger partial charge in [-0.25, -0.2) is 0 Å². The van der Waals surface area contributed by atoms with E-state index in [0.29, 0.717) is 0 Å². The van der Waals surface area contributed by atoms with E-state index in [9.17, 15) is 0 Å². The van der Waals surface area contributed by atoms with Gasteiger partial charge in [-0.3, -0.25) is 0 Å². The maximum Gasteiger partial charge on any atom is 4.00 e. The summed E-state index contributed by atoms with van der Waals surface area (Å²) >= 11 is 3.85. The second-order valence-corrected chi connectivity index (χ2v) is 6.79. The largest absolute Gasteiger partial charge is 4.00 e. The van der Waals surface area contributed by atoms with Gasteiger partial charge in [0.2, 0.25) is 0 Å². The first-order valence-corrected chi connectivity index (χ1v) is 8.30. The van der Waals surface area contributed by atoms with Crippen molar-refractivity contribution in [2.45, 2.75) is 20.8 Å². The summed E-state index contributed by atoms with van der Waals surface area (Å²) in [6.07, 6.45) is 0. The van der Waals surface area contributed by atoms with Crippen LogP contribution in [0.1, 0.15) is 16.8 Å². The number of para-hydroxylation sites is 1. The number of aryl methyl sites for hydroxylation is 2. The Labute approximate surface area is 200 Å². The second kappa shape index (κ2) is 9.85. The molecule has 0 aliphatic heterocycles. The Kier molecular flexibility index (Phi) is 9.78. The molecule has 6 heteroatoms. The van der Waals surface area contributed by atoms with Crippen LogP contribution in [0.5, 0.6) is 0 Å². The third-order valence-electron chi connectivity index (χ3n) is 4.58. The molecule has 26 heavy (non-hydrogen) atoms. The van der Waals surface area contributed by atoms with Crippen molar-refractivity contribution < 1.29 is 63.4 Å². The summed E-state index contributed by atoms with van der Waals surface area (Å²) in [5.74, 6) is 0. The van der Waals surface area contributed by atoms with Gasteiger partial charge in [0.15, 0.2) is 0 Å². The van der Waals surface area contributed by atoms with Crippen molar-refractivity contribution in [3.63, 3.8) is 0 Å². The molecule has 0 N–H and O–H groups in total. The number of rotatable bonds is 1. The Hall–Kier alpha value is -0.177. The maximum absolute atomic E-state index is 3.85. The topological polar surface area (TPSA) is 4.93 Å². The van der Waals surface area contributed by atoms with E-state index >= 15 is 0 Å². The summed E-state index contributed by atoms with van der Waals surface area (Å²) < 4.78 is 3.57. The average Bonchev–Trinajstić information content (AvgIpc) is 2.99. The van der Waals surface area contributed by atoms with Crippen molar-refractivity contribution in [1.82, 2.24) is 4.57 Å². The van der Waals surface area contributed by atoms with Crippen LogP contribution in [0.15, 0.2) is 53.0 Å². The number of hydrogen-bond acceptors (Lipinski definition) is 0. The van der Waals surface area contributed by atoms with Crippen LogP contribution in [0, 0.1) is 20.8 Å². The van der Waals surface area contributed by atoms with Crippen LogP contribution in [0.4, 0.5) is 0 Å². The molecule has 0 saturated heterocycles. The number of fused-ring (bicyclic) bond motifs is 2. The molecule has 1 nitrogen and oxygen atoms in total. The smallest absolute Gasteiger partial charge is 1.00 e. The maximum atomic E-state index is 3.85. The van der Waals surface area contributed by atoms with E-state index in [2.05, 4.69) is 89.8 Å². The quantitative estimate of drug-likeness (QED) is 0.227. The molecule has 1 aromatic heterocycles. The molecule has 3 aromatic carbocycles. The first-order chi connectivity index (χ1) is 10.6. The molecule has 1 heterocycles. The molecule has 0 saturated carbocycles. The van der Waals surface area contributed by atoms with Crippen LogP contribution in [0.25, 0.3) is 27.4 Å². The molecule has 0 radical (unpaired) electrons. The molecular formula is C20H17BrCl3NZr. The number of benzene rings is 2. The summed E-state index contributed by atoms with van der Waals surface area (Å²) in [6, 6.07) is 17.4. The number of aromatic nitrogens is 1. The minimum absolute atomic E-state index is 0. The fourth-order valence-electron chi connectivity index (χ4n) is 3.42. The monoisotopic (exact) mass is 545 g/mol. The van der Waals surface area contributed by atoms with Crippen LogP contribution in [0.3, 0.4) is 0 Å². The van der Waals surface area contributed by atoms with Crippen molar-refractivity contribution >= 4 is 37.6 Å². The van der Waals surface area contributed by atoms with E-state index in [1.54, 1.807) is 0 Å². The Morgan fingerprint density at radius 3 is 2.15 bits per heavy atom. The van der Waals surface area contributed by atoms with Crippen LogP contribution < -0.4 is 37.2 Å². The van der Waals surface area contributed by atoms with Crippen LogP contribution >= 0.6 is 15.9 Å². The molecule has 0 amide bonds. The van der Waals surface area contributed by atoms with E-state index in [-0.39, 0.29) is 63.4 Å². The Morgan fingerprint density at radius 1 is 0.923 bits per heavy atom. The molecule has 0 aliphatic carbocycles. The van der Waals surface area contributed by atoms with Crippen molar-refractivity contribution in [2.24, 2.45) is 0 Å². The van der Waals surface area contributed by atoms with Gasteiger partial charge < -0.3 is 41.8 Å². The van der Waals surface area contributed by atoms with Crippen molar-refractivity contribution in [3.05, 3.63) is 69.8 Å². The second-order valence-electron chi connectivity index (χ2n) is 6.00. The van der Waals surface area contributed by atoms with Crippen LogP contribution in [-0.2, 0) is 26.2 Å². The molecule has 4 rings (SSSR count). The SMILES string of the molecule is Cc1cc2cc3c(c(Br)c2c1)c(C)[c-](C)n3-c1ccccc1.[Cl-].[Cl-].[Cl-].[Zr+4]. The third-order valence-corrected chi connectivity index (χ3v) is 5.40. The number of hydrogen-bond donors (Lipinski definition) is 0. The van der Waals surface area contributed by atoms with E-state index in [0.717, 1.165) is 0 Å². The van der Waals surface area contributed by atoms with E-state index in [1.165, 1.54) is 48.7 Å². The van der Waals surface area contributed by atoms with Gasteiger partial charge >= 0.3 is 26.2 Å². The van der Waals surface area contributed by atoms with Gasteiger partial charge in [-0.1, -0.05) is 94.9 Å². The van der Waals surface area contributed by atoms with Crippen molar-refractivity contribution in [3.8, 4) is 5.69 Å². The standard InChI is InChI=1S/C20H17BrN.3ClH.Zr/c1-12-9-15-11-18-19(20(21)17(15)10-12)13(2)14(3)22(18)16-7-5-4-6-8-16;;;;/h4-11H,1-3H3;3*1H;/q-1;;;;+4/p-3. The zero-order valence-corrected chi connectivity index (χ0v) is 20.9. The molecular weight excluding hydrogens is 532 g/mol. The molecule has 0 atom stereocenters. The van der Waals surface area contributed by atoms with Gasteiger partial charge in [-0.15, -0.1) is 5.56 Å². The van der Waals surface area contributed by atoms with E-state index < -0.39 is 0 Å². The summed E-state index contributed by atoms with van der Waals surface area (Å²) in [5.41, 5.74) is 6.43. The van der Waals surface area contributed by atoms with Gasteiger partial charge in [0.25, 0.3) is 0 Å². The van der Waals surface area contributed by atoms with Crippen molar-refractivity contribution in [1.29, 1.82) is 0 Å². The summed E-state index contributed by atoms with van der Waals surface area (Å²) in [7, 11) is 0. The molecule has 0 spiro atoms. The van der Waals surface area contributed by atoms with E-state index in [1.807, 2.05) is 0 Å². The average molecular weight is 549 g/mol. The molecule has 0 aliphatic rings. The van der Waals surface area contributed by atoms with Gasteiger partial charge in [0, 0.05) is 0 Å². The minimum atomic E-state index is 0. The predicted octanol–water partition coefficient (Wildman–Crippen LogP) is -2.80. The Morgan fingerprint density at radius 2 is 1.54 bits per heavy atom. The fraction of sp³-hybridized carbons (Fsp3) is 0.150. The summed E-state index contributed by atoms with van der Waals surface area (Å²) in [4.78, 5) is 0. The number of nitrogens with zero attached hydrogens (tertiary/aromatic N) is 1. The first-order valence-electron chi connectivity index (χ1n) is 7.50. The minimum Gasteiger partial charge on any atom is -1.00 e. The van der Waals surface area contributed by atoms with Crippen LogP contribution in [0.2, 0.25) is 0 Å². The summed E-state index contributed by atoms with van der Waals surface area (Å²) in [5, 5.41) is 3.92. The van der Waals surface area contributed by atoms with Gasteiger partial charge in [-0.2, -0.15) is 0 Å². The predicted molar refractivity (Wildman–Crippen MR) is 98.3 cm³/mol. The van der Waals surface area contributed by atoms with Gasteiger partial charge in [-0.05, 0) is 33.4 Å². The zero-order valence-electron chi connectivity index (χ0n) is 14.6.